The molecule has 0 saturated heterocycles. The lowest BCUT2D eigenvalue weighted by atomic mass is 10.1. The summed E-state index contributed by atoms with van der Waals surface area (Å²) in [6, 6.07) is 18.9. The van der Waals surface area contributed by atoms with Gasteiger partial charge in [0.15, 0.2) is 11.5 Å². The Kier molecular flexibility index (Phi) is 5.57. The number of halogens is 1. The summed E-state index contributed by atoms with van der Waals surface area (Å²) in [5, 5.41) is 0.555. The van der Waals surface area contributed by atoms with Gasteiger partial charge in [0.1, 0.15) is 18.2 Å². The van der Waals surface area contributed by atoms with Crippen molar-refractivity contribution in [2.45, 2.75) is 6.61 Å². The third-order valence-electron chi connectivity index (χ3n) is 4.56. The fourth-order valence-electron chi connectivity index (χ4n) is 3.01. The summed E-state index contributed by atoms with van der Waals surface area (Å²) in [6.45, 7) is 0.300. The molecule has 1 aromatic heterocycles. The molecule has 1 N–H and O–H groups in total. The van der Waals surface area contributed by atoms with Gasteiger partial charge in [-0.2, -0.15) is 0 Å². The molecule has 1 heterocycles. The summed E-state index contributed by atoms with van der Waals surface area (Å²) in [5.74, 6) is 1.33. The summed E-state index contributed by atoms with van der Waals surface area (Å²) in [6.07, 6.45) is 3.57. The average molecular weight is 402 g/mol. The maximum atomic E-state index is 13.0. The fraction of sp³-hybridized carbons (Fsp3) is 0.0833. The van der Waals surface area contributed by atoms with Gasteiger partial charge in [-0.3, -0.25) is 4.79 Å². The van der Waals surface area contributed by atoms with Crippen molar-refractivity contribution in [3.05, 3.63) is 99.9 Å². The Morgan fingerprint density at radius 3 is 2.60 bits per heavy atom. The first-order chi connectivity index (χ1) is 14.6. The van der Waals surface area contributed by atoms with E-state index < -0.39 is 0 Å². The lowest BCUT2D eigenvalue weighted by molar-refractivity contribution is 0.284. The first-order valence-corrected chi connectivity index (χ1v) is 9.35. The molecule has 0 spiro atoms. The highest BCUT2D eigenvalue weighted by atomic mass is 19.1. The highest BCUT2D eigenvalue weighted by molar-refractivity contribution is 5.79. The summed E-state index contributed by atoms with van der Waals surface area (Å²) in [5.41, 5.74) is 2.18. The van der Waals surface area contributed by atoms with E-state index in [2.05, 4.69) is 9.97 Å². The number of methoxy groups -OCH3 is 1. The molecule has 0 amide bonds. The van der Waals surface area contributed by atoms with Gasteiger partial charge in [0.2, 0.25) is 0 Å². The number of hydrogen-bond donors (Lipinski definition) is 1. The largest absolute Gasteiger partial charge is 0.493 e. The number of aromatic nitrogens is 2. The Morgan fingerprint density at radius 1 is 1.00 bits per heavy atom. The van der Waals surface area contributed by atoms with E-state index in [1.54, 1.807) is 49.6 Å². The van der Waals surface area contributed by atoms with Crippen molar-refractivity contribution in [3.8, 4) is 11.5 Å². The molecule has 30 heavy (non-hydrogen) atoms. The average Bonchev–Trinajstić information content (AvgIpc) is 2.77. The smallest absolute Gasteiger partial charge is 0.259 e. The van der Waals surface area contributed by atoms with Crippen LogP contribution in [0.3, 0.4) is 0 Å². The van der Waals surface area contributed by atoms with E-state index in [0.29, 0.717) is 34.8 Å². The van der Waals surface area contributed by atoms with Gasteiger partial charge in [-0.1, -0.05) is 36.4 Å². The van der Waals surface area contributed by atoms with E-state index in [1.807, 2.05) is 24.3 Å². The predicted molar refractivity (Wildman–Crippen MR) is 115 cm³/mol. The molecule has 0 aliphatic heterocycles. The minimum absolute atomic E-state index is 0.178. The van der Waals surface area contributed by atoms with Crippen LogP contribution in [0, 0.1) is 5.82 Å². The molecule has 0 fully saturated rings. The molecule has 0 bridgehead atoms. The van der Waals surface area contributed by atoms with Gasteiger partial charge in [-0.05, 0) is 53.6 Å². The van der Waals surface area contributed by atoms with Crippen LogP contribution < -0.4 is 15.0 Å². The van der Waals surface area contributed by atoms with Crippen molar-refractivity contribution in [1.29, 1.82) is 0 Å². The molecular weight excluding hydrogens is 383 g/mol. The molecule has 0 aliphatic carbocycles. The standard InChI is InChI=1S/C24H19FN2O3/c1-29-22-14-16(8-12-21(22)30-15-17-6-10-18(25)11-7-17)9-13-23-26-20-5-3-2-4-19(20)24(28)27-23/h2-14H,15H2,1H3,(H,26,27,28)/b13-9+. The van der Waals surface area contributed by atoms with E-state index in [4.69, 9.17) is 9.47 Å². The first kappa shape index (κ1) is 19.4. The van der Waals surface area contributed by atoms with Gasteiger partial charge < -0.3 is 14.5 Å². The van der Waals surface area contributed by atoms with Gasteiger partial charge >= 0.3 is 0 Å². The van der Waals surface area contributed by atoms with Crippen LogP contribution in [0.25, 0.3) is 23.1 Å². The minimum Gasteiger partial charge on any atom is -0.493 e. The van der Waals surface area contributed by atoms with Crippen LogP contribution in [0.15, 0.2) is 71.5 Å². The molecule has 5 nitrogen and oxygen atoms in total. The second-order valence-corrected chi connectivity index (χ2v) is 6.63. The molecular formula is C24H19FN2O3. The van der Waals surface area contributed by atoms with Crippen LogP contribution in [0.1, 0.15) is 17.0 Å². The SMILES string of the molecule is COc1cc(/C=C/c2nc3ccccc3c(=O)[nH]2)ccc1OCc1ccc(F)cc1. The molecule has 6 heteroatoms. The maximum Gasteiger partial charge on any atom is 0.259 e. The molecule has 0 unspecified atom stereocenters. The van der Waals surface area contributed by atoms with Gasteiger partial charge in [-0.15, -0.1) is 0 Å². The number of fused-ring (bicyclic) bond motifs is 1. The van der Waals surface area contributed by atoms with Crippen LogP contribution in [0.2, 0.25) is 0 Å². The van der Waals surface area contributed by atoms with E-state index in [1.165, 1.54) is 12.1 Å². The minimum atomic E-state index is -0.283. The zero-order valence-corrected chi connectivity index (χ0v) is 16.3. The molecule has 4 aromatic rings. The zero-order chi connectivity index (χ0) is 20.9. The number of nitrogens with one attached hydrogen (secondary N) is 1. The number of H-pyrrole nitrogens is 1. The van der Waals surface area contributed by atoms with Crippen molar-refractivity contribution < 1.29 is 13.9 Å². The number of benzene rings is 3. The van der Waals surface area contributed by atoms with Gasteiger partial charge in [0.05, 0.1) is 18.0 Å². The van der Waals surface area contributed by atoms with Crippen LogP contribution >= 0.6 is 0 Å². The van der Waals surface area contributed by atoms with E-state index in [9.17, 15) is 9.18 Å². The number of para-hydroxylation sites is 1. The molecule has 0 aliphatic rings. The first-order valence-electron chi connectivity index (χ1n) is 9.35. The summed E-state index contributed by atoms with van der Waals surface area (Å²) < 4.78 is 24.3. The van der Waals surface area contributed by atoms with Crippen LogP contribution in [-0.2, 0) is 6.61 Å². The molecule has 0 saturated carbocycles. The van der Waals surface area contributed by atoms with Crippen molar-refractivity contribution in [2.24, 2.45) is 0 Å². The second-order valence-electron chi connectivity index (χ2n) is 6.63. The topological polar surface area (TPSA) is 64.2 Å². The molecule has 0 radical (unpaired) electrons. The Hall–Kier alpha value is -3.93. The third-order valence-corrected chi connectivity index (χ3v) is 4.56. The predicted octanol–water partition coefficient (Wildman–Crippen LogP) is 4.82. The fourth-order valence-corrected chi connectivity index (χ4v) is 3.01. The number of aromatic amines is 1. The summed E-state index contributed by atoms with van der Waals surface area (Å²) in [7, 11) is 1.57. The number of nitrogens with zero attached hydrogens (tertiary/aromatic N) is 1. The van der Waals surface area contributed by atoms with Crippen molar-refractivity contribution in [2.75, 3.05) is 7.11 Å². The monoisotopic (exact) mass is 402 g/mol. The van der Waals surface area contributed by atoms with Gasteiger partial charge in [0.25, 0.3) is 5.56 Å². The number of hydrogen-bond acceptors (Lipinski definition) is 4. The molecule has 3 aromatic carbocycles. The van der Waals surface area contributed by atoms with Crippen LogP contribution in [-0.4, -0.2) is 17.1 Å². The highest BCUT2D eigenvalue weighted by Crippen LogP contribution is 2.29. The number of rotatable bonds is 6. The zero-order valence-electron chi connectivity index (χ0n) is 16.3. The number of ether oxygens (including phenoxy) is 2. The van der Waals surface area contributed by atoms with Crippen LogP contribution in [0.5, 0.6) is 11.5 Å². The Morgan fingerprint density at radius 2 is 1.80 bits per heavy atom. The third kappa shape index (κ3) is 4.38. The summed E-state index contributed by atoms with van der Waals surface area (Å²) >= 11 is 0. The van der Waals surface area contributed by atoms with Gasteiger partial charge in [0, 0.05) is 0 Å². The quantitative estimate of drug-likeness (QED) is 0.502. The normalized spacial score (nSPS) is 11.1. The molecule has 4 rings (SSSR count). The van der Waals surface area contributed by atoms with Gasteiger partial charge in [-0.25, -0.2) is 9.37 Å². The van der Waals surface area contributed by atoms with Crippen molar-refractivity contribution in [3.63, 3.8) is 0 Å². The highest BCUT2D eigenvalue weighted by Gasteiger charge is 2.06. The Balaban J connectivity index is 1.52. The van der Waals surface area contributed by atoms with Crippen molar-refractivity contribution in [1.82, 2.24) is 9.97 Å². The lowest BCUT2D eigenvalue weighted by Gasteiger charge is -2.11. The van der Waals surface area contributed by atoms with Crippen molar-refractivity contribution >= 4 is 23.1 Å². The van der Waals surface area contributed by atoms with E-state index in [-0.39, 0.29) is 11.4 Å². The second kappa shape index (κ2) is 8.61. The molecule has 0 atom stereocenters. The maximum absolute atomic E-state index is 13.0. The van der Waals surface area contributed by atoms with E-state index >= 15 is 0 Å². The summed E-state index contributed by atoms with van der Waals surface area (Å²) in [4.78, 5) is 19.4. The lowest BCUT2D eigenvalue weighted by Crippen LogP contribution is -2.09. The van der Waals surface area contributed by atoms with E-state index in [0.717, 1.165) is 11.1 Å². The Bertz CT molecular complexity index is 1260. The Labute approximate surface area is 172 Å². The van der Waals surface area contributed by atoms with Crippen LogP contribution in [0.4, 0.5) is 4.39 Å². The molecule has 150 valence electrons.